The zero-order valence-corrected chi connectivity index (χ0v) is 19.6. The number of aryl methyl sites for hydroxylation is 1. The van der Waals surface area contributed by atoms with Crippen LogP contribution in [-0.4, -0.2) is 31.1 Å². The summed E-state index contributed by atoms with van der Waals surface area (Å²) in [5.74, 6) is -0.335. The fourth-order valence-electron chi connectivity index (χ4n) is 3.54. The highest BCUT2D eigenvalue weighted by atomic mass is 35.5. The van der Waals surface area contributed by atoms with Crippen LogP contribution < -0.4 is 10.6 Å². The molecule has 2 N–H and O–H groups in total. The van der Waals surface area contributed by atoms with Crippen molar-refractivity contribution in [2.24, 2.45) is 7.05 Å². The fraction of sp³-hybridized carbons (Fsp3) is 0.167. The first-order chi connectivity index (χ1) is 16.9. The normalized spacial score (nSPS) is 11.5. The number of pyridine rings is 1. The summed E-state index contributed by atoms with van der Waals surface area (Å²) in [6, 6.07) is 15.5. The second-order valence-electron chi connectivity index (χ2n) is 7.65. The van der Waals surface area contributed by atoms with Crippen molar-refractivity contribution in [3.05, 3.63) is 71.1 Å². The van der Waals surface area contributed by atoms with E-state index >= 15 is 0 Å². The number of carbonyl (C=O) groups is 1. The van der Waals surface area contributed by atoms with E-state index in [2.05, 4.69) is 31.0 Å². The van der Waals surface area contributed by atoms with Gasteiger partial charge in [-0.15, -0.1) is 10.2 Å². The molecule has 0 unspecified atom stereocenters. The third kappa shape index (κ3) is 5.26. The summed E-state index contributed by atoms with van der Waals surface area (Å²) in [6.45, 7) is 1.93. The van der Waals surface area contributed by atoms with Crippen molar-refractivity contribution in [3.8, 4) is 28.6 Å². The van der Waals surface area contributed by atoms with Crippen LogP contribution in [0.2, 0.25) is 5.02 Å². The van der Waals surface area contributed by atoms with Crippen molar-refractivity contribution in [2.75, 3.05) is 10.6 Å². The molecule has 2 aromatic heterocycles. The first-order valence-corrected chi connectivity index (χ1v) is 11.0. The van der Waals surface area contributed by atoms with Crippen LogP contribution in [0, 0.1) is 17.1 Å². The third-order valence-corrected chi connectivity index (χ3v) is 5.54. The average Bonchev–Trinajstić information content (AvgIpc) is 3.27. The Bertz CT molecular complexity index is 1410. The van der Waals surface area contributed by atoms with Gasteiger partial charge in [-0.2, -0.15) is 10.1 Å². The Hall–Kier alpha value is -4.36. The van der Waals surface area contributed by atoms with Crippen molar-refractivity contribution in [1.29, 1.82) is 5.26 Å². The zero-order valence-electron chi connectivity index (χ0n) is 18.8. The lowest BCUT2D eigenvalue weighted by molar-refractivity contribution is -0.115. The number of aromatic nitrogens is 5. The lowest BCUT2D eigenvalue weighted by atomic mass is 9.96. The van der Waals surface area contributed by atoms with Gasteiger partial charge in [0.15, 0.2) is 5.82 Å². The van der Waals surface area contributed by atoms with Gasteiger partial charge < -0.3 is 10.6 Å². The van der Waals surface area contributed by atoms with Gasteiger partial charge >= 0.3 is 0 Å². The van der Waals surface area contributed by atoms with E-state index in [0.29, 0.717) is 22.1 Å². The van der Waals surface area contributed by atoms with E-state index in [0.717, 1.165) is 11.1 Å². The molecular weight excluding hydrogens is 471 g/mol. The Balaban J connectivity index is 1.59. The Kier molecular flexibility index (Phi) is 6.98. The number of hydrogen-bond acceptors (Lipinski definition) is 7. The van der Waals surface area contributed by atoms with E-state index in [4.69, 9.17) is 16.9 Å². The first kappa shape index (κ1) is 23.8. The molecule has 35 heavy (non-hydrogen) atoms. The molecule has 0 aliphatic rings. The maximum absolute atomic E-state index is 14.7. The molecule has 0 bridgehead atoms. The molecule has 0 radical (unpaired) electrons. The van der Waals surface area contributed by atoms with E-state index < -0.39 is 11.7 Å². The minimum absolute atomic E-state index is 0.206. The van der Waals surface area contributed by atoms with Crippen LogP contribution in [0.15, 0.2) is 54.7 Å². The highest BCUT2D eigenvalue weighted by Crippen LogP contribution is 2.34. The highest BCUT2D eigenvalue weighted by molar-refractivity contribution is 6.34. The van der Waals surface area contributed by atoms with Crippen LogP contribution in [-0.2, 0) is 11.8 Å². The molecule has 1 amide bonds. The molecular formula is C24H20ClFN8O. The number of anilines is 2. The number of tetrazole rings is 1. The Morgan fingerprint density at radius 3 is 2.69 bits per heavy atom. The zero-order chi connectivity index (χ0) is 24.9. The topological polar surface area (TPSA) is 121 Å². The molecule has 0 fully saturated rings. The second-order valence-corrected chi connectivity index (χ2v) is 8.06. The van der Waals surface area contributed by atoms with Crippen molar-refractivity contribution in [3.63, 3.8) is 0 Å². The van der Waals surface area contributed by atoms with Crippen LogP contribution in [0.4, 0.5) is 15.9 Å². The van der Waals surface area contributed by atoms with Crippen molar-refractivity contribution in [1.82, 2.24) is 25.2 Å². The maximum Gasteiger partial charge on any atom is 0.238 e. The van der Waals surface area contributed by atoms with E-state index in [1.807, 2.05) is 31.2 Å². The Morgan fingerprint density at radius 1 is 1.23 bits per heavy atom. The van der Waals surface area contributed by atoms with Gasteiger partial charge in [0, 0.05) is 6.20 Å². The summed E-state index contributed by atoms with van der Waals surface area (Å²) in [6.07, 6.45) is 1.22. The van der Waals surface area contributed by atoms with Gasteiger partial charge in [0.2, 0.25) is 11.7 Å². The lowest BCUT2D eigenvalue weighted by Crippen LogP contribution is -2.15. The molecule has 0 aliphatic heterocycles. The minimum Gasteiger partial charge on any atom is -0.362 e. The molecule has 0 aliphatic carbocycles. The molecule has 0 saturated carbocycles. The monoisotopic (exact) mass is 490 g/mol. The second kappa shape index (κ2) is 10.3. The van der Waals surface area contributed by atoms with Gasteiger partial charge in [0.1, 0.15) is 17.9 Å². The molecule has 1 atom stereocenters. The minimum atomic E-state index is -0.481. The number of amides is 1. The molecule has 0 saturated heterocycles. The summed E-state index contributed by atoms with van der Waals surface area (Å²) in [7, 11) is 1.62. The van der Waals surface area contributed by atoms with Gasteiger partial charge in [-0.05, 0) is 41.0 Å². The van der Waals surface area contributed by atoms with Gasteiger partial charge in [0.25, 0.3) is 0 Å². The van der Waals surface area contributed by atoms with Crippen LogP contribution in [0.5, 0.6) is 0 Å². The predicted molar refractivity (Wildman–Crippen MR) is 130 cm³/mol. The predicted octanol–water partition coefficient (Wildman–Crippen LogP) is 4.76. The van der Waals surface area contributed by atoms with Crippen molar-refractivity contribution >= 4 is 29.0 Å². The number of nitrogens with one attached hydrogen (secondary N) is 2. The van der Waals surface area contributed by atoms with Crippen LogP contribution in [0.3, 0.4) is 0 Å². The Morgan fingerprint density at radius 2 is 2.00 bits per heavy atom. The molecule has 2 heterocycles. The molecule has 4 aromatic rings. The molecule has 2 aromatic carbocycles. The number of rotatable bonds is 7. The lowest BCUT2D eigenvalue weighted by Gasteiger charge is -2.19. The van der Waals surface area contributed by atoms with Gasteiger partial charge in [-0.1, -0.05) is 48.0 Å². The van der Waals surface area contributed by atoms with Gasteiger partial charge in [-0.25, -0.2) is 9.37 Å². The van der Waals surface area contributed by atoms with Crippen molar-refractivity contribution in [2.45, 2.75) is 19.4 Å². The fourth-order valence-corrected chi connectivity index (χ4v) is 3.73. The maximum atomic E-state index is 14.7. The van der Waals surface area contributed by atoms with E-state index in [1.165, 1.54) is 17.1 Å². The van der Waals surface area contributed by atoms with E-state index in [1.54, 1.807) is 31.3 Å². The number of benzene rings is 2. The van der Waals surface area contributed by atoms with Crippen LogP contribution >= 0.6 is 11.6 Å². The van der Waals surface area contributed by atoms with E-state index in [9.17, 15) is 9.18 Å². The number of carbonyl (C=O) groups excluding carboxylic acids is 1. The SMILES string of the molecule is C[C@@H](Nc1nccc(Cl)c1NC(=O)CC#N)c1ccc(-c2cccc(F)c2-c2nnn(C)n2)cc1. The largest absolute Gasteiger partial charge is 0.362 e. The van der Waals surface area contributed by atoms with Gasteiger partial charge in [-0.3, -0.25) is 4.79 Å². The third-order valence-electron chi connectivity index (χ3n) is 5.22. The smallest absolute Gasteiger partial charge is 0.238 e. The summed E-state index contributed by atoms with van der Waals surface area (Å²) in [4.78, 5) is 17.5. The molecule has 0 spiro atoms. The summed E-state index contributed by atoms with van der Waals surface area (Å²) in [5, 5.41) is 26.8. The number of halogens is 2. The highest BCUT2D eigenvalue weighted by Gasteiger charge is 2.18. The summed E-state index contributed by atoms with van der Waals surface area (Å²) >= 11 is 6.25. The quantitative estimate of drug-likeness (QED) is 0.383. The van der Waals surface area contributed by atoms with Crippen LogP contribution in [0.25, 0.3) is 22.5 Å². The number of hydrogen-bond donors (Lipinski definition) is 2. The summed E-state index contributed by atoms with van der Waals surface area (Å²) < 4.78 is 14.7. The van der Waals surface area contributed by atoms with Gasteiger partial charge in [0.05, 0.1) is 29.7 Å². The standard InChI is InChI=1S/C24H20ClFN8O/c1-14(29-24-22(18(25)11-13-28-24)30-20(35)10-12-27)15-6-8-16(9-7-15)17-4-3-5-19(26)21(17)23-31-33-34(2)32-23/h3-9,11,13-14H,10H2,1-2H3,(H,28,29)(H,30,35)/t14-/m1/s1. The molecule has 176 valence electrons. The van der Waals surface area contributed by atoms with E-state index in [-0.39, 0.29) is 23.9 Å². The molecule has 4 rings (SSSR count). The number of nitriles is 1. The molecule has 9 nitrogen and oxygen atoms in total. The van der Waals surface area contributed by atoms with Crippen molar-refractivity contribution < 1.29 is 9.18 Å². The first-order valence-electron chi connectivity index (χ1n) is 10.6. The Labute approximate surface area is 205 Å². The number of nitrogens with zero attached hydrogens (tertiary/aromatic N) is 6. The van der Waals surface area contributed by atoms with Crippen LogP contribution in [0.1, 0.15) is 24.9 Å². The average molecular weight is 491 g/mol. The summed E-state index contributed by atoms with van der Waals surface area (Å²) in [5.41, 5.74) is 2.93. The molecule has 11 heteroatoms.